The van der Waals surface area contributed by atoms with Crippen molar-refractivity contribution in [2.45, 2.75) is 135 Å². The number of nitrogens with one attached hydrogen (secondary N) is 1. The van der Waals surface area contributed by atoms with E-state index in [1.807, 2.05) is 4.90 Å². The van der Waals surface area contributed by atoms with Gasteiger partial charge in [0.15, 0.2) is 0 Å². The Hall–Kier alpha value is -4.18. The van der Waals surface area contributed by atoms with Crippen LogP contribution < -0.4 is 5.32 Å². The van der Waals surface area contributed by atoms with Gasteiger partial charge in [-0.2, -0.15) is 0 Å². The van der Waals surface area contributed by atoms with Gasteiger partial charge in [0.25, 0.3) is 0 Å². The number of likely N-dealkylation sites (tertiary alicyclic amines) is 1. The zero-order valence-electron chi connectivity index (χ0n) is 33.3. The minimum atomic E-state index is 0.104. The second-order valence-corrected chi connectivity index (χ2v) is 13.1. The molecule has 1 rings (SSSR count). The number of piperidine rings is 1. The Labute approximate surface area is 325 Å². The lowest BCUT2D eigenvalue weighted by Gasteiger charge is -2.32. The van der Waals surface area contributed by atoms with Gasteiger partial charge in [-0.25, -0.2) is 0 Å². The molecule has 0 aromatic heterocycles. The summed E-state index contributed by atoms with van der Waals surface area (Å²) in [4.78, 5) is 27.0. The number of hydrogen-bond donors (Lipinski definition) is 1. The topological polar surface area (TPSA) is 49.4 Å². The highest BCUT2D eigenvalue weighted by Gasteiger charge is 2.23. The summed E-state index contributed by atoms with van der Waals surface area (Å²) in [5, 5.41) is 3.17. The minimum absolute atomic E-state index is 0.104. The van der Waals surface area contributed by atoms with Crippen LogP contribution in [-0.4, -0.2) is 35.8 Å². The average molecular weight is 721 g/mol. The fourth-order valence-electron chi connectivity index (χ4n) is 5.43. The molecule has 1 N–H and O–H groups in total. The third-order valence-corrected chi connectivity index (χ3v) is 8.47. The van der Waals surface area contributed by atoms with Gasteiger partial charge in [-0.3, -0.25) is 9.59 Å². The van der Waals surface area contributed by atoms with Crippen molar-refractivity contribution in [1.29, 1.82) is 0 Å². The molecular weight excluding hydrogens is 649 g/mol. The summed E-state index contributed by atoms with van der Waals surface area (Å²) >= 11 is 0. The number of rotatable bonds is 29. The van der Waals surface area contributed by atoms with E-state index in [0.29, 0.717) is 12.8 Å². The molecule has 0 radical (unpaired) electrons. The maximum Gasteiger partial charge on any atom is 0.222 e. The fraction of sp³-hybridized carbons (Fsp3) is 0.469. The first-order valence-corrected chi connectivity index (χ1v) is 20.5. The first kappa shape index (κ1) is 46.8. The Kier molecular flexibility index (Phi) is 33.2. The van der Waals surface area contributed by atoms with Crippen LogP contribution in [0.4, 0.5) is 0 Å². The highest BCUT2D eigenvalue weighted by atomic mass is 16.2. The number of carbonyl (C=O) groups excluding carboxylic acids is 2. The first-order chi connectivity index (χ1) is 26.2. The van der Waals surface area contributed by atoms with Crippen molar-refractivity contribution in [3.8, 4) is 0 Å². The Balaban J connectivity index is 2.03. The lowest BCUT2D eigenvalue weighted by Crippen LogP contribution is -2.46. The van der Waals surface area contributed by atoms with E-state index in [2.05, 4.69) is 165 Å². The van der Waals surface area contributed by atoms with Crippen LogP contribution in [0, 0.1) is 0 Å². The molecule has 0 unspecified atom stereocenters. The summed E-state index contributed by atoms with van der Waals surface area (Å²) < 4.78 is 0. The van der Waals surface area contributed by atoms with E-state index < -0.39 is 0 Å². The Morgan fingerprint density at radius 2 is 0.717 bits per heavy atom. The second-order valence-electron chi connectivity index (χ2n) is 13.1. The van der Waals surface area contributed by atoms with Gasteiger partial charge in [0, 0.05) is 32.0 Å². The summed E-state index contributed by atoms with van der Waals surface area (Å²) in [5.41, 5.74) is 0. The molecule has 4 heteroatoms. The monoisotopic (exact) mass is 721 g/mol. The number of nitrogens with zero attached hydrogens (tertiary/aromatic N) is 1. The smallest absolute Gasteiger partial charge is 0.222 e. The normalized spacial score (nSPS) is 15.4. The molecule has 1 heterocycles. The zero-order chi connectivity index (χ0) is 38.1. The van der Waals surface area contributed by atoms with E-state index in [9.17, 15) is 9.59 Å². The third-order valence-electron chi connectivity index (χ3n) is 8.47. The lowest BCUT2D eigenvalue weighted by atomic mass is 10.0. The van der Waals surface area contributed by atoms with Crippen molar-refractivity contribution in [1.82, 2.24) is 10.2 Å². The standard InChI is InChI=1S/C49H72N2O2/c1-3-5-7-9-11-13-15-17-19-21-23-25-27-29-31-33-35-37-39-41-48(52)50-47-43-45-51(46-44-47)49(53)42-40-38-36-34-32-30-28-26-24-22-20-18-16-14-12-10-8-6-4-2/h5-8,11-14,17-20,23-26,29-32,35-38,47H,3-4,9-10,15-16,21-22,27-28,33-34,39-46H2,1-2H3,(H,50,52)/b7-5-,8-6-,13-11-,14-12-,19-17-,20-18-,25-23-,26-24-,31-29-,32-30-,37-35-,38-36-. The van der Waals surface area contributed by atoms with Crippen LogP contribution in [0.25, 0.3) is 0 Å². The molecule has 0 saturated carbocycles. The lowest BCUT2D eigenvalue weighted by molar-refractivity contribution is -0.132. The van der Waals surface area contributed by atoms with Crippen LogP contribution in [0.1, 0.15) is 129 Å². The van der Waals surface area contributed by atoms with Gasteiger partial charge in [0.1, 0.15) is 0 Å². The van der Waals surface area contributed by atoms with Crippen molar-refractivity contribution >= 4 is 11.8 Å². The van der Waals surface area contributed by atoms with Crippen molar-refractivity contribution in [2.75, 3.05) is 13.1 Å². The van der Waals surface area contributed by atoms with Gasteiger partial charge in [-0.15, -0.1) is 0 Å². The van der Waals surface area contributed by atoms with Crippen LogP contribution in [-0.2, 0) is 9.59 Å². The Morgan fingerprint density at radius 3 is 1.04 bits per heavy atom. The Morgan fingerprint density at radius 1 is 0.434 bits per heavy atom. The summed E-state index contributed by atoms with van der Waals surface area (Å²) in [6.07, 6.45) is 68.7. The van der Waals surface area contributed by atoms with Gasteiger partial charge in [0.2, 0.25) is 11.8 Å². The van der Waals surface area contributed by atoms with E-state index >= 15 is 0 Å². The number of allylic oxidation sites excluding steroid dienone is 24. The van der Waals surface area contributed by atoms with Crippen LogP contribution in [0.15, 0.2) is 146 Å². The molecule has 1 aliphatic rings. The molecular formula is C49H72N2O2. The molecule has 0 atom stereocenters. The van der Waals surface area contributed by atoms with E-state index in [1.54, 1.807) is 0 Å². The Bertz CT molecular complexity index is 1270. The molecule has 1 fully saturated rings. The first-order valence-electron chi connectivity index (χ1n) is 20.5. The van der Waals surface area contributed by atoms with Crippen LogP contribution in [0.3, 0.4) is 0 Å². The van der Waals surface area contributed by atoms with Crippen molar-refractivity contribution < 1.29 is 9.59 Å². The minimum Gasteiger partial charge on any atom is -0.353 e. The highest BCUT2D eigenvalue weighted by Crippen LogP contribution is 2.13. The predicted molar refractivity (Wildman–Crippen MR) is 233 cm³/mol. The van der Waals surface area contributed by atoms with Gasteiger partial charge in [0.05, 0.1) is 0 Å². The highest BCUT2D eigenvalue weighted by molar-refractivity contribution is 5.77. The van der Waals surface area contributed by atoms with Crippen molar-refractivity contribution in [2.24, 2.45) is 0 Å². The molecule has 2 amide bonds. The molecule has 290 valence electrons. The second kappa shape index (κ2) is 37.6. The number of amides is 2. The van der Waals surface area contributed by atoms with Crippen molar-refractivity contribution in [3.63, 3.8) is 0 Å². The van der Waals surface area contributed by atoms with E-state index in [-0.39, 0.29) is 17.9 Å². The summed E-state index contributed by atoms with van der Waals surface area (Å²) in [6, 6.07) is 0.167. The summed E-state index contributed by atoms with van der Waals surface area (Å²) in [7, 11) is 0. The predicted octanol–water partition coefficient (Wildman–Crippen LogP) is 13.0. The van der Waals surface area contributed by atoms with E-state index in [4.69, 9.17) is 0 Å². The molecule has 0 spiro atoms. The number of hydrogen-bond acceptors (Lipinski definition) is 2. The molecule has 0 aromatic carbocycles. The molecule has 0 bridgehead atoms. The van der Waals surface area contributed by atoms with Crippen LogP contribution in [0.5, 0.6) is 0 Å². The fourth-order valence-corrected chi connectivity index (χ4v) is 5.43. The maximum absolute atomic E-state index is 12.7. The molecule has 1 saturated heterocycles. The van der Waals surface area contributed by atoms with Gasteiger partial charge >= 0.3 is 0 Å². The van der Waals surface area contributed by atoms with Crippen molar-refractivity contribution in [3.05, 3.63) is 146 Å². The zero-order valence-corrected chi connectivity index (χ0v) is 33.3. The molecule has 1 aliphatic heterocycles. The summed E-state index contributed by atoms with van der Waals surface area (Å²) in [5.74, 6) is 0.318. The summed E-state index contributed by atoms with van der Waals surface area (Å²) in [6.45, 7) is 5.76. The van der Waals surface area contributed by atoms with E-state index in [1.165, 1.54) is 0 Å². The average Bonchev–Trinajstić information content (AvgIpc) is 3.16. The molecule has 0 aliphatic carbocycles. The quantitative estimate of drug-likeness (QED) is 0.0782. The number of carbonyl (C=O) groups is 2. The molecule has 53 heavy (non-hydrogen) atoms. The van der Waals surface area contributed by atoms with Gasteiger partial charge in [-0.05, 0) is 103 Å². The third kappa shape index (κ3) is 32.2. The van der Waals surface area contributed by atoms with Gasteiger partial charge in [-0.1, -0.05) is 160 Å². The van der Waals surface area contributed by atoms with Gasteiger partial charge < -0.3 is 10.2 Å². The molecule has 0 aromatic rings. The maximum atomic E-state index is 12.7. The van der Waals surface area contributed by atoms with Crippen LogP contribution >= 0.6 is 0 Å². The largest absolute Gasteiger partial charge is 0.353 e. The SMILES string of the molecule is CC/C=C\C/C=C\C/C=C\C/C=C\C/C=C\C/C=C\CCC(=O)NC1CCN(C(=O)CC/C=C\C/C=C\C/C=C\C/C=C\C/C=C\C/C=C\CC)CC1. The van der Waals surface area contributed by atoms with E-state index in [0.717, 1.165) is 116 Å². The molecule has 4 nitrogen and oxygen atoms in total. The van der Waals surface area contributed by atoms with Crippen LogP contribution in [0.2, 0.25) is 0 Å².